The van der Waals surface area contributed by atoms with E-state index in [1.54, 1.807) is 0 Å². The molecule has 322 valence electrons. The van der Waals surface area contributed by atoms with Gasteiger partial charge in [-0.15, -0.1) is 0 Å². The van der Waals surface area contributed by atoms with Gasteiger partial charge in [-0.05, 0) is 125 Å². The van der Waals surface area contributed by atoms with Crippen LogP contribution in [-0.4, -0.2) is 11.5 Å². The molecular formula is C65H52N2. The molecule has 0 saturated heterocycles. The third-order valence-corrected chi connectivity index (χ3v) is 14.3. The molecule has 0 radical (unpaired) electrons. The Bertz CT molecular complexity index is 3310. The topological polar surface area (TPSA) is 24.7 Å². The third kappa shape index (κ3) is 7.30. The minimum absolute atomic E-state index is 0.143. The van der Waals surface area contributed by atoms with Crippen LogP contribution in [0.5, 0.6) is 0 Å². The molecule has 2 aliphatic rings. The van der Waals surface area contributed by atoms with Crippen LogP contribution in [0.25, 0.3) is 72.5 Å². The van der Waals surface area contributed by atoms with Crippen molar-refractivity contribution in [2.24, 2.45) is 9.98 Å². The monoisotopic (exact) mass is 860 g/mol. The summed E-state index contributed by atoms with van der Waals surface area (Å²) < 4.78 is 0. The van der Waals surface area contributed by atoms with Crippen molar-refractivity contribution in [3.8, 4) is 66.8 Å². The van der Waals surface area contributed by atoms with Crippen molar-refractivity contribution in [1.29, 1.82) is 0 Å². The summed E-state index contributed by atoms with van der Waals surface area (Å²) in [4.78, 5) is 10.9. The smallest absolute Gasteiger partial charge is 0.160 e. The molecule has 0 fully saturated rings. The van der Waals surface area contributed by atoms with E-state index in [9.17, 15) is 0 Å². The van der Waals surface area contributed by atoms with Crippen molar-refractivity contribution < 1.29 is 0 Å². The van der Waals surface area contributed by atoms with Crippen LogP contribution in [0.1, 0.15) is 73.6 Å². The molecule has 9 aromatic carbocycles. The molecule has 2 aliphatic carbocycles. The summed E-state index contributed by atoms with van der Waals surface area (Å²) in [7, 11) is 0. The van der Waals surface area contributed by atoms with Gasteiger partial charge in [0, 0.05) is 22.1 Å². The molecule has 0 atom stereocenters. The first-order valence-electron chi connectivity index (χ1n) is 23.3. The Kier molecular flexibility index (Phi) is 10.3. The lowest BCUT2D eigenvalue weighted by Crippen LogP contribution is -2.14. The summed E-state index contributed by atoms with van der Waals surface area (Å²) >= 11 is 0. The molecule has 0 N–H and O–H groups in total. The molecule has 2 nitrogen and oxygen atoms in total. The highest BCUT2D eigenvalue weighted by Crippen LogP contribution is 2.54. The number of hydrogen-bond donors (Lipinski definition) is 0. The summed E-state index contributed by atoms with van der Waals surface area (Å²) in [6, 6.07) is 76.7. The summed E-state index contributed by atoms with van der Waals surface area (Å²) in [6.07, 6.45) is 0. The minimum Gasteiger partial charge on any atom is -0.233 e. The van der Waals surface area contributed by atoms with Gasteiger partial charge in [-0.3, -0.25) is 0 Å². The first-order valence-corrected chi connectivity index (χ1v) is 23.3. The van der Waals surface area contributed by atoms with Crippen LogP contribution in [0.3, 0.4) is 0 Å². The molecule has 0 amide bonds. The summed E-state index contributed by atoms with van der Waals surface area (Å²) in [5.74, 6) is 0.603. The number of benzene rings is 9. The lowest BCUT2D eigenvalue weighted by molar-refractivity contribution is 0.660. The highest BCUT2D eigenvalue weighted by Gasteiger charge is 2.38. The van der Waals surface area contributed by atoms with Crippen LogP contribution in [-0.2, 0) is 10.8 Å². The fourth-order valence-corrected chi connectivity index (χ4v) is 10.6. The maximum absolute atomic E-state index is 5.49. The zero-order valence-corrected chi connectivity index (χ0v) is 38.8. The van der Waals surface area contributed by atoms with Crippen LogP contribution < -0.4 is 0 Å². The van der Waals surface area contributed by atoms with Gasteiger partial charge in [0.05, 0.1) is 5.70 Å². The molecule has 0 spiro atoms. The molecular weight excluding hydrogens is 809 g/mol. The predicted molar refractivity (Wildman–Crippen MR) is 284 cm³/mol. The van der Waals surface area contributed by atoms with Crippen molar-refractivity contribution in [2.45, 2.75) is 45.4 Å². The first-order chi connectivity index (χ1) is 32.6. The fraction of sp³-hybridized carbons (Fsp3) is 0.108. The maximum Gasteiger partial charge on any atom is 0.160 e. The van der Waals surface area contributed by atoms with Crippen LogP contribution >= 0.6 is 0 Å². The first kappa shape index (κ1) is 41.7. The molecule has 9 aromatic rings. The van der Waals surface area contributed by atoms with Gasteiger partial charge in [-0.2, -0.15) is 0 Å². The van der Waals surface area contributed by atoms with Crippen LogP contribution in [0.2, 0.25) is 0 Å². The molecule has 0 aliphatic heterocycles. The van der Waals surface area contributed by atoms with Gasteiger partial charge in [0.25, 0.3) is 0 Å². The lowest BCUT2D eigenvalue weighted by Gasteiger charge is -2.22. The Balaban J connectivity index is 1.13. The van der Waals surface area contributed by atoms with Crippen molar-refractivity contribution in [2.75, 3.05) is 0 Å². The average molecular weight is 861 g/mol. The van der Waals surface area contributed by atoms with E-state index in [4.69, 9.17) is 9.98 Å². The minimum atomic E-state index is -0.143. The number of hydrogen-bond acceptors (Lipinski definition) is 1. The second-order valence-electron chi connectivity index (χ2n) is 19.1. The Morgan fingerprint density at radius 3 is 1.21 bits per heavy atom. The van der Waals surface area contributed by atoms with E-state index in [2.05, 4.69) is 247 Å². The average Bonchev–Trinajstić information content (AvgIpc) is 3.76. The molecule has 0 aromatic heterocycles. The summed E-state index contributed by atoms with van der Waals surface area (Å²) in [6.45, 7) is 16.1. The second-order valence-corrected chi connectivity index (χ2v) is 19.1. The van der Waals surface area contributed by atoms with E-state index in [1.807, 2.05) is 6.07 Å². The molecule has 0 bridgehead atoms. The molecule has 0 heterocycles. The van der Waals surface area contributed by atoms with Crippen molar-refractivity contribution in [3.05, 3.63) is 258 Å². The lowest BCUT2D eigenvalue weighted by atomic mass is 9.81. The molecule has 67 heavy (non-hydrogen) atoms. The third-order valence-electron chi connectivity index (χ3n) is 14.3. The fourth-order valence-electron chi connectivity index (χ4n) is 10.6. The standard InChI is InChI=1S/C65H52N2/c1-42(44-31-35-48(36-32-44)46-19-9-7-10-20-46)66-63(67-43(2)45-33-37-49(38-34-45)47-21-11-8-12-22-47)52-40-50(53-25-17-29-59-61(53)55-23-13-15-27-57(55)64(59,3)4)39-51(41-52)54-26-18-30-60-62(54)56-24-14-16-28-58(56)65(60,5)6/h7-41H,1H2,2-6H3/b66-63-,67-43+. The van der Waals surface area contributed by atoms with E-state index >= 15 is 0 Å². The molecule has 0 unspecified atom stereocenters. The second kappa shape index (κ2) is 16.5. The zero-order chi connectivity index (χ0) is 45.9. The van der Waals surface area contributed by atoms with E-state index in [0.717, 1.165) is 44.7 Å². The van der Waals surface area contributed by atoms with Crippen LogP contribution in [0.4, 0.5) is 0 Å². The van der Waals surface area contributed by atoms with Crippen LogP contribution in [0, 0.1) is 0 Å². The zero-order valence-electron chi connectivity index (χ0n) is 38.8. The number of nitrogens with zero attached hydrogens (tertiary/aromatic N) is 2. The van der Waals surface area contributed by atoms with Gasteiger partial charge in [0.15, 0.2) is 5.84 Å². The summed E-state index contributed by atoms with van der Waals surface area (Å²) in [5, 5.41) is 0. The number of rotatable bonds is 8. The van der Waals surface area contributed by atoms with E-state index in [1.165, 1.54) is 66.8 Å². The largest absolute Gasteiger partial charge is 0.233 e. The Morgan fingerprint density at radius 2 is 0.731 bits per heavy atom. The molecule has 2 heteroatoms. The van der Waals surface area contributed by atoms with E-state index in [0.29, 0.717) is 11.5 Å². The Labute approximate surface area is 395 Å². The Morgan fingerprint density at radius 1 is 0.343 bits per heavy atom. The SMILES string of the molecule is C=C(/N=C(\N=C(/C)c1ccc(-c2ccccc2)cc1)c1cc(-c2cccc3c2-c2ccccc2C3(C)C)cc(-c2cccc3c2-c2ccccc2C3(C)C)c1)c1ccc(-c2ccccc2)cc1. The number of aliphatic imine (C=N–C) groups is 2. The normalized spacial score (nSPS) is 14.2. The van der Waals surface area contributed by atoms with Crippen molar-refractivity contribution in [1.82, 2.24) is 0 Å². The van der Waals surface area contributed by atoms with Gasteiger partial charge in [-0.1, -0.05) is 228 Å². The highest BCUT2D eigenvalue weighted by molar-refractivity contribution is 6.14. The van der Waals surface area contributed by atoms with Gasteiger partial charge < -0.3 is 0 Å². The quantitative estimate of drug-likeness (QED) is 0.107. The highest BCUT2D eigenvalue weighted by atomic mass is 14.9. The van der Waals surface area contributed by atoms with Gasteiger partial charge in [-0.25, -0.2) is 9.98 Å². The maximum atomic E-state index is 5.49. The van der Waals surface area contributed by atoms with Gasteiger partial charge in [0.1, 0.15) is 0 Å². The molecule has 11 rings (SSSR count). The van der Waals surface area contributed by atoms with Gasteiger partial charge >= 0.3 is 0 Å². The van der Waals surface area contributed by atoms with Crippen molar-refractivity contribution in [3.63, 3.8) is 0 Å². The van der Waals surface area contributed by atoms with Crippen molar-refractivity contribution >= 4 is 17.2 Å². The number of amidine groups is 1. The van der Waals surface area contributed by atoms with Crippen LogP contribution in [0.15, 0.2) is 229 Å². The van der Waals surface area contributed by atoms with E-state index in [-0.39, 0.29) is 10.8 Å². The predicted octanol–water partition coefficient (Wildman–Crippen LogP) is 16.9. The van der Waals surface area contributed by atoms with E-state index < -0.39 is 0 Å². The van der Waals surface area contributed by atoms with Gasteiger partial charge in [0.2, 0.25) is 0 Å². The summed E-state index contributed by atoms with van der Waals surface area (Å²) in [5.41, 5.74) is 23.9. The number of fused-ring (bicyclic) bond motifs is 6. The molecule has 0 saturated carbocycles. The Hall–Kier alpha value is -7.94.